The van der Waals surface area contributed by atoms with E-state index in [0.29, 0.717) is 18.8 Å². The van der Waals surface area contributed by atoms with Crippen LogP contribution in [0, 0.1) is 5.92 Å². The number of benzene rings is 1. The third-order valence-electron chi connectivity index (χ3n) is 7.85. The number of anilines is 2. The van der Waals surface area contributed by atoms with E-state index in [-0.39, 0.29) is 5.91 Å². The molecule has 0 bridgehead atoms. The van der Waals surface area contributed by atoms with Crippen LogP contribution in [0.5, 0.6) is 0 Å². The van der Waals surface area contributed by atoms with Gasteiger partial charge in [0.2, 0.25) is 5.95 Å². The van der Waals surface area contributed by atoms with Crippen LogP contribution in [0.1, 0.15) is 41.5 Å². The highest BCUT2D eigenvalue weighted by molar-refractivity contribution is 5.94. The smallest absolute Gasteiger partial charge is 0.274 e. The molecule has 36 heavy (non-hydrogen) atoms. The predicted molar refractivity (Wildman–Crippen MR) is 140 cm³/mol. The molecule has 3 aliphatic rings. The Balaban J connectivity index is 1.31. The zero-order valence-corrected chi connectivity index (χ0v) is 21.2. The van der Waals surface area contributed by atoms with E-state index < -0.39 is 0 Å². The zero-order valence-electron chi connectivity index (χ0n) is 21.2. The number of nitrogens with zero attached hydrogens (tertiary/aromatic N) is 8. The zero-order chi connectivity index (χ0) is 24.6. The summed E-state index contributed by atoms with van der Waals surface area (Å²) in [6, 6.07) is 7.65. The fourth-order valence-electron chi connectivity index (χ4n) is 5.41. The summed E-state index contributed by atoms with van der Waals surface area (Å²) >= 11 is 0. The lowest BCUT2D eigenvalue weighted by molar-refractivity contribution is 0.0727. The van der Waals surface area contributed by atoms with Gasteiger partial charge in [0.15, 0.2) is 0 Å². The molecular formula is C27H34N8O. The number of hydrogen-bond donors (Lipinski definition) is 0. The lowest BCUT2D eigenvalue weighted by Crippen LogP contribution is -2.46. The number of hydrogen-bond acceptors (Lipinski definition) is 8. The van der Waals surface area contributed by atoms with E-state index in [2.05, 4.69) is 38.6 Å². The quantitative estimate of drug-likeness (QED) is 0.559. The maximum Gasteiger partial charge on any atom is 0.274 e. The largest absolute Gasteiger partial charge is 0.354 e. The molecule has 6 rings (SSSR count). The van der Waals surface area contributed by atoms with Gasteiger partial charge in [0.1, 0.15) is 11.5 Å². The standard InChI is InChI=1S/C27H34N8O/c1-19-7-10-34(11-8-19)27-30-21-9-12-35(18-20(21)25(31-27)33-15-13-32(2)14-16-33)26(36)24-17-28-22-5-3-4-6-23(22)29-24/h3-6,17,19H,7-16,18H2,1-2H3. The van der Waals surface area contributed by atoms with E-state index in [1.54, 1.807) is 6.20 Å². The third kappa shape index (κ3) is 4.48. The molecule has 3 aromatic rings. The van der Waals surface area contributed by atoms with E-state index in [9.17, 15) is 4.79 Å². The molecule has 2 fully saturated rings. The van der Waals surface area contributed by atoms with Crippen molar-refractivity contribution in [3.8, 4) is 0 Å². The van der Waals surface area contributed by atoms with Crippen LogP contribution in [0.15, 0.2) is 30.5 Å². The molecule has 2 saturated heterocycles. The van der Waals surface area contributed by atoms with Gasteiger partial charge in [-0.1, -0.05) is 19.1 Å². The first kappa shape index (κ1) is 23.1. The highest BCUT2D eigenvalue weighted by atomic mass is 16.2. The second-order valence-electron chi connectivity index (χ2n) is 10.5. The highest BCUT2D eigenvalue weighted by Crippen LogP contribution is 2.31. The maximum atomic E-state index is 13.5. The van der Waals surface area contributed by atoms with Crippen molar-refractivity contribution in [3.05, 3.63) is 47.4 Å². The summed E-state index contributed by atoms with van der Waals surface area (Å²) in [4.78, 5) is 41.7. The summed E-state index contributed by atoms with van der Waals surface area (Å²) in [7, 11) is 2.16. The van der Waals surface area contributed by atoms with Gasteiger partial charge in [0.05, 0.1) is 29.5 Å². The number of amides is 1. The molecule has 0 atom stereocenters. The van der Waals surface area contributed by atoms with Crippen LogP contribution in [0.25, 0.3) is 11.0 Å². The van der Waals surface area contributed by atoms with Crippen LogP contribution in [0.3, 0.4) is 0 Å². The summed E-state index contributed by atoms with van der Waals surface area (Å²) in [5, 5.41) is 0. The fourth-order valence-corrected chi connectivity index (χ4v) is 5.41. The molecule has 0 N–H and O–H groups in total. The second-order valence-corrected chi connectivity index (χ2v) is 10.5. The molecular weight excluding hydrogens is 452 g/mol. The van der Waals surface area contributed by atoms with Crippen LogP contribution in [0.2, 0.25) is 0 Å². The molecule has 0 unspecified atom stereocenters. The molecule has 188 valence electrons. The average molecular weight is 487 g/mol. The molecule has 0 aliphatic carbocycles. The number of piperazine rings is 1. The first-order valence-corrected chi connectivity index (χ1v) is 13.1. The van der Waals surface area contributed by atoms with E-state index in [1.807, 2.05) is 29.2 Å². The number of piperidine rings is 1. The Morgan fingerprint density at radius 1 is 0.889 bits per heavy atom. The van der Waals surface area contributed by atoms with Gasteiger partial charge < -0.3 is 19.6 Å². The SMILES string of the molecule is CC1CCN(c2nc3c(c(N4CCN(C)CC4)n2)CN(C(=O)c2cnc4ccccc4n2)CC3)CC1. The van der Waals surface area contributed by atoms with Crippen molar-refractivity contribution in [2.75, 3.05) is 62.7 Å². The molecule has 5 heterocycles. The Morgan fingerprint density at radius 2 is 1.64 bits per heavy atom. The van der Waals surface area contributed by atoms with E-state index >= 15 is 0 Å². The number of carbonyl (C=O) groups excluding carboxylic acids is 1. The van der Waals surface area contributed by atoms with Gasteiger partial charge in [-0.3, -0.25) is 9.78 Å². The van der Waals surface area contributed by atoms with Crippen molar-refractivity contribution >= 4 is 28.7 Å². The van der Waals surface area contributed by atoms with Crippen LogP contribution in [0.4, 0.5) is 11.8 Å². The van der Waals surface area contributed by atoms with Crippen molar-refractivity contribution in [1.29, 1.82) is 0 Å². The molecule has 9 nitrogen and oxygen atoms in total. The molecule has 0 saturated carbocycles. The Bertz CT molecular complexity index is 1260. The summed E-state index contributed by atoms with van der Waals surface area (Å²) in [6.07, 6.45) is 4.68. The van der Waals surface area contributed by atoms with Crippen molar-refractivity contribution in [2.45, 2.75) is 32.7 Å². The molecule has 0 spiro atoms. The van der Waals surface area contributed by atoms with E-state index in [1.165, 1.54) is 12.8 Å². The average Bonchev–Trinajstić information content (AvgIpc) is 2.92. The Kier molecular flexibility index (Phi) is 6.17. The monoisotopic (exact) mass is 486 g/mol. The van der Waals surface area contributed by atoms with Gasteiger partial charge in [-0.15, -0.1) is 0 Å². The minimum atomic E-state index is -0.0858. The number of fused-ring (bicyclic) bond motifs is 2. The minimum Gasteiger partial charge on any atom is -0.354 e. The molecule has 3 aliphatic heterocycles. The normalized spacial score (nSPS) is 19.6. The van der Waals surface area contributed by atoms with Crippen LogP contribution >= 0.6 is 0 Å². The number of carbonyl (C=O) groups is 1. The van der Waals surface area contributed by atoms with Crippen molar-refractivity contribution in [1.82, 2.24) is 29.7 Å². The lowest BCUT2D eigenvalue weighted by atomic mass is 9.99. The summed E-state index contributed by atoms with van der Waals surface area (Å²) in [5.41, 5.74) is 4.09. The molecule has 1 aromatic carbocycles. The van der Waals surface area contributed by atoms with Gasteiger partial charge >= 0.3 is 0 Å². The molecule has 9 heteroatoms. The van der Waals surface area contributed by atoms with Crippen molar-refractivity contribution in [2.24, 2.45) is 5.92 Å². The van der Waals surface area contributed by atoms with Crippen LogP contribution in [-0.4, -0.2) is 88.5 Å². The van der Waals surface area contributed by atoms with Gasteiger partial charge in [0, 0.05) is 57.8 Å². The van der Waals surface area contributed by atoms with Gasteiger partial charge in [-0.05, 0) is 37.9 Å². The molecule has 2 aromatic heterocycles. The van der Waals surface area contributed by atoms with Gasteiger partial charge in [-0.25, -0.2) is 9.97 Å². The predicted octanol–water partition coefficient (Wildman–Crippen LogP) is 2.61. The highest BCUT2D eigenvalue weighted by Gasteiger charge is 2.31. The second kappa shape index (κ2) is 9.61. The third-order valence-corrected chi connectivity index (χ3v) is 7.85. The van der Waals surface area contributed by atoms with Crippen LogP contribution < -0.4 is 9.80 Å². The number of aromatic nitrogens is 4. The maximum absolute atomic E-state index is 13.5. The summed E-state index contributed by atoms with van der Waals surface area (Å²) in [6.45, 7) is 9.33. The Hall–Kier alpha value is -3.33. The summed E-state index contributed by atoms with van der Waals surface area (Å²) in [5.74, 6) is 2.53. The number of para-hydroxylation sites is 2. The van der Waals surface area contributed by atoms with E-state index in [4.69, 9.17) is 9.97 Å². The molecule has 1 amide bonds. The first-order valence-electron chi connectivity index (χ1n) is 13.1. The Morgan fingerprint density at radius 3 is 2.42 bits per heavy atom. The van der Waals surface area contributed by atoms with Crippen molar-refractivity contribution in [3.63, 3.8) is 0 Å². The minimum absolute atomic E-state index is 0.0858. The van der Waals surface area contributed by atoms with E-state index in [0.717, 1.165) is 85.7 Å². The van der Waals surface area contributed by atoms with Gasteiger partial charge in [0.25, 0.3) is 5.91 Å². The first-order chi connectivity index (χ1) is 17.5. The Labute approximate surface area is 212 Å². The van der Waals surface area contributed by atoms with Gasteiger partial charge in [-0.2, -0.15) is 4.98 Å². The lowest BCUT2D eigenvalue weighted by Gasteiger charge is -2.38. The number of likely N-dealkylation sites (N-methyl/N-ethyl adjacent to an activating group) is 1. The fraction of sp³-hybridized carbons (Fsp3) is 0.519. The van der Waals surface area contributed by atoms with Crippen LogP contribution in [-0.2, 0) is 13.0 Å². The van der Waals surface area contributed by atoms with Crippen molar-refractivity contribution < 1.29 is 4.79 Å². The topological polar surface area (TPSA) is 81.6 Å². The number of rotatable bonds is 3. The summed E-state index contributed by atoms with van der Waals surface area (Å²) < 4.78 is 0. The molecule has 0 radical (unpaired) electrons.